The predicted octanol–water partition coefficient (Wildman–Crippen LogP) is 1.96. The number of carbonyl (C=O) groups is 2. The Hall–Kier alpha value is -2.69. The average Bonchev–Trinajstić information content (AvgIpc) is 3.13. The van der Waals surface area contributed by atoms with Gasteiger partial charge >= 0.3 is 0 Å². The Kier molecular flexibility index (Phi) is 2.92. The summed E-state index contributed by atoms with van der Waals surface area (Å²) in [5.74, 6) is 0.545. The molecule has 1 fully saturated rings. The van der Waals surface area contributed by atoms with Crippen LogP contribution in [0.25, 0.3) is 0 Å². The zero-order valence-corrected chi connectivity index (χ0v) is 12.0. The standard InChI is InChI=1S/C17H15N3O2/c21-16-13-5-1-2-6-14(13)17(22)20(16)12-8-10-19(11-12)15-7-3-4-9-18-15/h1-7,9,12H,8,10-11H2/t12-/m1/s1. The normalized spacial score (nSPS) is 20.6. The van der Waals surface area contributed by atoms with Gasteiger partial charge in [0, 0.05) is 19.3 Å². The van der Waals surface area contributed by atoms with Gasteiger partial charge < -0.3 is 4.90 Å². The smallest absolute Gasteiger partial charge is 0.261 e. The van der Waals surface area contributed by atoms with Crippen molar-refractivity contribution < 1.29 is 9.59 Å². The molecule has 1 aromatic carbocycles. The highest BCUT2D eigenvalue weighted by molar-refractivity contribution is 6.21. The van der Waals surface area contributed by atoms with Crippen LogP contribution in [-0.2, 0) is 0 Å². The van der Waals surface area contributed by atoms with Crippen molar-refractivity contribution in [2.75, 3.05) is 18.0 Å². The fourth-order valence-electron chi connectivity index (χ4n) is 3.24. The third kappa shape index (κ3) is 1.89. The number of carbonyl (C=O) groups excluding carboxylic acids is 2. The number of benzene rings is 1. The molecule has 2 aliphatic heterocycles. The number of hydrogen-bond donors (Lipinski definition) is 0. The highest BCUT2D eigenvalue weighted by atomic mass is 16.2. The molecule has 2 aromatic rings. The van der Waals surface area contributed by atoms with Crippen LogP contribution in [0.3, 0.4) is 0 Å². The van der Waals surface area contributed by atoms with Crippen LogP contribution in [0.5, 0.6) is 0 Å². The molecule has 0 spiro atoms. The van der Waals surface area contributed by atoms with Crippen molar-refractivity contribution >= 4 is 17.6 Å². The van der Waals surface area contributed by atoms with Crippen molar-refractivity contribution in [2.24, 2.45) is 0 Å². The van der Waals surface area contributed by atoms with E-state index in [0.29, 0.717) is 17.7 Å². The molecule has 5 heteroatoms. The molecule has 1 aromatic heterocycles. The first-order valence-corrected chi connectivity index (χ1v) is 7.38. The van der Waals surface area contributed by atoms with Gasteiger partial charge in [0.2, 0.25) is 0 Å². The SMILES string of the molecule is O=C1c2ccccc2C(=O)N1[C@@H]1CCN(c2ccccn2)C1. The van der Waals surface area contributed by atoms with E-state index in [2.05, 4.69) is 9.88 Å². The molecule has 1 atom stereocenters. The van der Waals surface area contributed by atoms with Crippen LogP contribution in [0.2, 0.25) is 0 Å². The van der Waals surface area contributed by atoms with Crippen LogP contribution in [0, 0.1) is 0 Å². The van der Waals surface area contributed by atoms with Crippen LogP contribution >= 0.6 is 0 Å². The number of anilines is 1. The Balaban J connectivity index is 1.58. The molecule has 2 amide bonds. The van der Waals surface area contributed by atoms with E-state index in [1.165, 1.54) is 4.90 Å². The van der Waals surface area contributed by atoms with E-state index in [4.69, 9.17) is 0 Å². The molecule has 0 radical (unpaired) electrons. The van der Waals surface area contributed by atoms with Gasteiger partial charge in [-0.25, -0.2) is 4.98 Å². The topological polar surface area (TPSA) is 53.5 Å². The van der Waals surface area contributed by atoms with Gasteiger partial charge in [-0.1, -0.05) is 18.2 Å². The molecule has 0 aliphatic carbocycles. The van der Waals surface area contributed by atoms with Gasteiger partial charge in [0.25, 0.3) is 11.8 Å². The molecular weight excluding hydrogens is 278 g/mol. The molecule has 0 N–H and O–H groups in total. The number of nitrogens with zero attached hydrogens (tertiary/aromatic N) is 3. The maximum Gasteiger partial charge on any atom is 0.261 e. The molecule has 110 valence electrons. The van der Waals surface area contributed by atoms with E-state index in [1.807, 2.05) is 18.2 Å². The van der Waals surface area contributed by atoms with Crippen LogP contribution in [-0.4, -0.2) is 40.8 Å². The fourth-order valence-corrected chi connectivity index (χ4v) is 3.24. The number of aromatic nitrogens is 1. The number of fused-ring (bicyclic) bond motifs is 1. The van der Waals surface area contributed by atoms with Gasteiger partial charge in [0.15, 0.2) is 0 Å². The number of hydrogen-bond acceptors (Lipinski definition) is 4. The Morgan fingerprint density at radius 2 is 1.64 bits per heavy atom. The van der Waals surface area contributed by atoms with Crippen LogP contribution in [0.4, 0.5) is 5.82 Å². The van der Waals surface area contributed by atoms with Crippen molar-refractivity contribution in [3.05, 3.63) is 59.8 Å². The van der Waals surface area contributed by atoms with E-state index in [0.717, 1.165) is 18.8 Å². The van der Waals surface area contributed by atoms with Crippen LogP contribution < -0.4 is 4.90 Å². The van der Waals surface area contributed by atoms with Gasteiger partial charge in [-0.3, -0.25) is 14.5 Å². The van der Waals surface area contributed by atoms with E-state index in [1.54, 1.807) is 30.5 Å². The monoisotopic (exact) mass is 293 g/mol. The second kappa shape index (κ2) is 4.94. The largest absolute Gasteiger partial charge is 0.354 e. The highest BCUT2D eigenvalue weighted by Gasteiger charge is 2.42. The highest BCUT2D eigenvalue weighted by Crippen LogP contribution is 2.29. The summed E-state index contributed by atoms with van der Waals surface area (Å²) in [4.78, 5) is 32.9. The Morgan fingerprint density at radius 1 is 0.955 bits per heavy atom. The Bertz CT molecular complexity index is 710. The summed E-state index contributed by atoms with van der Waals surface area (Å²) in [6, 6.07) is 12.7. The van der Waals surface area contributed by atoms with Gasteiger partial charge in [0.05, 0.1) is 17.2 Å². The van der Waals surface area contributed by atoms with E-state index < -0.39 is 0 Å². The number of amides is 2. The molecule has 3 heterocycles. The van der Waals surface area contributed by atoms with E-state index in [-0.39, 0.29) is 17.9 Å². The molecule has 5 nitrogen and oxygen atoms in total. The lowest BCUT2D eigenvalue weighted by atomic mass is 10.1. The summed E-state index contributed by atoms with van der Waals surface area (Å²) in [5, 5.41) is 0. The van der Waals surface area contributed by atoms with Gasteiger partial charge in [-0.2, -0.15) is 0 Å². The summed E-state index contributed by atoms with van der Waals surface area (Å²) >= 11 is 0. The molecule has 2 aliphatic rings. The van der Waals surface area contributed by atoms with E-state index in [9.17, 15) is 9.59 Å². The summed E-state index contributed by atoms with van der Waals surface area (Å²) in [6.45, 7) is 1.44. The van der Waals surface area contributed by atoms with Crippen LogP contribution in [0.1, 0.15) is 27.1 Å². The lowest BCUT2D eigenvalue weighted by Gasteiger charge is -2.23. The minimum absolute atomic E-state index is 0.0885. The molecule has 0 bridgehead atoms. The van der Waals surface area contributed by atoms with Crippen molar-refractivity contribution in [2.45, 2.75) is 12.5 Å². The maximum absolute atomic E-state index is 12.5. The number of imide groups is 1. The molecule has 4 rings (SSSR count). The first kappa shape index (κ1) is 13.0. The van der Waals surface area contributed by atoms with Crippen molar-refractivity contribution in [1.82, 2.24) is 9.88 Å². The van der Waals surface area contributed by atoms with E-state index >= 15 is 0 Å². The van der Waals surface area contributed by atoms with Crippen molar-refractivity contribution in [3.8, 4) is 0 Å². The van der Waals surface area contributed by atoms with Gasteiger partial charge in [-0.15, -0.1) is 0 Å². The number of pyridine rings is 1. The Labute approximate surface area is 128 Å². The Morgan fingerprint density at radius 3 is 2.27 bits per heavy atom. The lowest BCUT2D eigenvalue weighted by Crippen LogP contribution is -2.41. The lowest BCUT2D eigenvalue weighted by molar-refractivity contribution is 0.0598. The second-order valence-electron chi connectivity index (χ2n) is 5.60. The average molecular weight is 293 g/mol. The minimum atomic E-state index is -0.173. The number of rotatable bonds is 2. The third-order valence-electron chi connectivity index (χ3n) is 4.33. The summed E-state index contributed by atoms with van der Waals surface area (Å²) in [6.07, 6.45) is 2.53. The van der Waals surface area contributed by atoms with Crippen molar-refractivity contribution in [3.63, 3.8) is 0 Å². The zero-order valence-electron chi connectivity index (χ0n) is 12.0. The predicted molar refractivity (Wildman–Crippen MR) is 81.8 cm³/mol. The van der Waals surface area contributed by atoms with Crippen LogP contribution in [0.15, 0.2) is 48.7 Å². The molecule has 1 saturated heterocycles. The first-order chi connectivity index (χ1) is 10.8. The summed E-state index contributed by atoms with van der Waals surface area (Å²) < 4.78 is 0. The van der Waals surface area contributed by atoms with Crippen molar-refractivity contribution in [1.29, 1.82) is 0 Å². The first-order valence-electron chi connectivity index (χ1n) is 7.38. The fraction of sp³-hybridized carbons (Fsp3) is 0.235. The van der Waals surface area contributed by atoms with Gasteiger partial charge in [0.1, 0.15) is 5.82 Å². The summed E-state index contributed by atoms with van der Waals surface area (Å²) in [7, 11) is 0. The quantitative estimate of drug-likeness (QED) is 0.794. The molecule has 0 unspecified atom stereocenters. The third-order valence-corrected chi connectivity index (χ3v) is 4.33. The zero-order chi connectivity index (χ0) is 15.1. The molecule has 0 saturated carbocycles. The van der Waals surface area contributed by atoms with Gasteiger partial charge in [-0.05, 0) is 30.7 Å². The maximum atomic E-state index is 12.5. The summed E-state index contributed by atoms with van der Waals surface area (Å²) in [5.41, 5.74) is 1.03. The second-order valence-corrected chi connectivity index (χ2v) is 5.60. The molecular formula is C17H15N3O2. The minimum Gasteiger partial charge on any atom is -0.354 e. The molecule has 22 heavy (non-hydrogen) atoms.